The van der Waals surface area contributed by atoms with Gasteiger partial charge in [-0.05, 0) is 29.8 Å². The number of aromatic amines is 1. The molecule has 0 radical (unpaired) electrons. The molecule has 4 N–H and O–H groups in total. The number of esters is 1. The number of nitrogens with one attached hydrogen (secondary N) is 1. The van der Waals surface area contributed by atoms with Crippen LogP contribution in [0.15, 0.2) is 88.4 Å². The average molecular weight is 443 g/mol. The maximum Gasteiger partial charge on any atom is 0.370 e. The molecule has 0 saturated carbocycles. The third-order valence-corrected chi connectivity index (χ3v) is 5.60. The van der Waals surface area contributed by atoms with Gasteiger partial charge < -0.3 is 19.9 Å². The van der Waals surface area contributed by atoms with E-state index in [1.807, 2.05) is 30.5 Å². The molecule has 0 bridgehead atoms. The highest BCUT2D eigenvalue weighted by molar-refractivity contribution is 5.86. The fraction of sp³-hybridized carbons (Fsp3) is 0.0769. The number of carbonyl (C=O) groups excluding carboxylic acids is 1. The van der Waals surface area contributed by atoms with E-state index in [4.69, 9.17) is 9.15 Å². The van der Waals surface area contributed by atoms with Crippen molar-refractivity contribution in [1.29, 1.82) is 0 Å². The Balaban J connectivity index is 1.37. The normalized spacial score (nSPS) is 12.2. The summed E-state index contributed by atoms with van der Waals surface area (Å²) in [4.78, 5) is 28.7. The second kappa shape index (κ2) is 8.37. The molecule has 2 heterocycles. The predicted octanol–water partition coefficient (Wildman–Crippen LogP) is 3.84. The van der Waals surface area contributed by atoms with E-state index in [0.29, 0.717) is 6.42 Å². The molecule has 0 fully saturated rings. The quantitative estimate of drug-likeness (QED) is 0.318. The molecule has 164 valence electrons. The molecular weight excluding hydrogens is 423 g/mol. The Hall–Kier alpha value is -4.23. The van der Waals surface area contributed by atoms with Gasteiger partial charge in [0.2, 0.25) is 5.43 Å². The van der Waals surface area contributed by atoms with E-state index in [1.165, 1.54) is 36.6 Å². The van der Waals surface area contributed by atoms with Gasteiger partial charge in [0.1, 0.15) is 23.4 Å². The molecule has 0 aliphatic heterocycles. The van der Waals surface area contributed by atoms with Crippen LogP contribution in [0.3, 0.4) is 0 Å². The minimum absolute atomic E-state index is 0.127. The smallest absolute Gasteiger partial charge is 0.370 e. The van der Waals surface area contributed by atoms with Crippen LogP contribution >= 0.6 is 0 Å². The van der Waals surface area contributed by atoms with E-state index in [1.54, 1.807) is 12.1 Å². The summed E-state index contributed by atoms with van der Waals surface area (Å²) in [6.45, 7) is 0. The number of aromatic nitrogens is 1. The number of hydrogen-bond donors (Lipinski definition) is 2. The molecule has 0 spiro atoms. The van der Waals surface area contributed by atoms with E-state index in [-0.39, 0.29) is 33.3 Å². The highest BCUT2D eigenvalue weighted by Crippen LogP contribution is 2.25. The van der Waals surface area contributed by atoms with Crippen molar-refractivity contribution >= 4 is 27.8 Å². The summed E-state index contributed by atoms with van der Waals surface area (Å²) in [5.74, 6) is -0.766. The molecule has 6 nitrogen and oxygen atoms in total. The van der Waals surface area contributed by atoms with Crippen LogP contribution in [-0.2, 0) is 11.2 Å². The molecule has 0 aliphatic rings. The zero-order valence-corrected chi connectivity index (χ0v) is 17.5. The predicted molar refractivity (Wildman–Crippen MR) is 122 cm³/mol. The lowest BCUT2D eigenvalue weighted by Crippen LogP contribution is -2.67. The molecule has 5 aromatic rings. The summed E-state index contributed by atoms with van der Waals surface area (Å²) in [6, 6.07) is 17.7. The Labute approximate surface area is 187 Å². The maximum atomic E-state index is 14.1. The average Bonchev–Trinajstić information content (AvgIpc) is 3.23. The van der Waals surface area contributed by atoms with E-state index in [2.05, 4.69) is 10.7 Å². The van der Waals surface area contributed by atoms with Crippen molar-refractivity contribution in [3.63, 3.8) is 0 Å². The number of halogens is 1. The van der Waals surface area contributed by atoms with Gasteiger partial charge in [-0.1, -0.05) is 36.4 Å². The SMILES string of the molecule is [NH3+][C@H](Cc1c[nH]c2ccccc12)C(=O)Oc1ccc2c(=O)c(-c3ccccc3F)coc2c1. The maximum absolute atomic E-state index is 14.1. The Kier molecular flexibility index (Phi) is 5.24. The number of carbonyl (C=O) groups is 1. The second-order valence-corrected chi connectivity index (χ2v) is 7.80. The first kappa shape index (κ1) is 20.7. The van der Waals surface area contributed by atoms with E-state index < -0.39 is 17.8 Å². The third kappa shape index (κ3) is 3.90. The third-order valence-electron chi connectivity index (χ3n) is 5.60. The number of hydrogen-bond acceptors (Lipinski definition) is 4. The zero-order valence-electron chi connectivity index (χ0n) is 17.5. The van der Waals surface area contributed by atoms with Crippen molar-refractivity contribution < 1.29 is 24.1 Å². The summed E-state index contributed by atoms with van der Waals surface area (Å²) in [6.07, 6.45) is 3.50. The minimum atomic E-state index is -0.629. The molecule has 0 aliphatic carbocycles. The summed E-state index contributed by atoms with van der Waals surface area (Å²) in [5, 5.41) is 1.30. The highest BCUT2D eigenvalue weighted by Gasteiger charge is 2.22. The fourth-order valence-corrected chi connectivity index (χ4v) is 3.89. The molecule has 1 atom stereocenters. The number of rotatable bonds is 5. The van der Waals surface area contributed by atoms with Crippen LogP contribution in [0.1, 0.15) is 5.56 Å². The van der Waals surface area contributed by atoms with Crippen molar-refractivity contribution in [3.8, 4) is 16.9 Å². The minimum Gasteiger partial charge on any atom is -0.463 e. The first-order chi connectivity index (χ1) is 16.0. The van der Waals surface area contributed by atoms with E-state index >= 15 is 0 Å². The van der Waals surface area contributed by atoms with E-state index in [0.717, 1.165) is 16.5 Å². The Morgan fingerprint density at radius 2 is 1.82 bits per heavy atom. The molecule has 2 aromatic heterocycles. The number of benzene rings is 3. The lowest BCUT2D eigenvalue weighted by Gasteiger charge is -2.09. The molecule has 33 heavy (non-hydrogen) atoms. The van der Waals surface area contributed by atoms with Gasteiger partial charge in [-0.3, -0.25) is 4.79 Å². The van der Waals surface area contributed by atoms with Crippen LogP contribution < -0.4 is 15.9 Å². The van der Waals surface area contributed by atoms with Gasteiger partial charge in [0.05, 0.1) is 10.9 Å². The first-order valence-corrected chi connectivity index (χ1v) is 10.4. The van der Waals surface area contributed by atoms with Gasteiger partial charge in [0, 0.05) is 35.2 Å². The number of para-hydroxylation sites is 1. The highest BCUT2D eigenvalue weighted by atomic mass is 19.1. The van der Waals surface area contributed by atoms with E-state index in [9.17, 15) is 14.0 Å². The van der Waals surface area contributed by atoms with Crippen LogP contribution in [0.4, 0.5) is 4.39 Å². The monoisotopic (exact) mass is 443 g/mol. The Bertz CT molecular complexity index is 1550. The molecular formula is C26H20FN2O4+. The topological polar surface area (TPSA) is 99.9 Å². The summed E-state index contributed by atoms with van der Waals surface area (Å²) >= 11 is 0. The van der Waals surface area contributed by atoms with Crippen LogP contribution in [0.2, 0.25) is 0 Å². The second-order valence-electron chi connectivity index (χ2n) is 7.80. The van der Waals surface area contributed by atoms with Crippen molar-refractivity contribution in [2.24, 2.45) is 0 Å². The molecule has 7 heteroatoms. The van der Waals surface area contributed by atoms with Crippen molar-refractivity contribution in [3.05, 3.63) is 101 Å². The molecule has 5 rings (SSSR count). The summed E-state index contributed by atoms with van der Waals surface area (Å²) < 4.78 is 25.2. The van der Waals surface area contributed by atoms with Crippen molar-refractivity contribution in [2.45, 2.75) is 12.5 Å². The van der Waals surface area contributed by atoms with Crippen LogP contribution in [0, 0.1) is 5.82 Å². The number of ether oxygens (including phenoxy) is 1. The summed E-state index contributed by atoms with van der Waals surface area (Å²) in [5.41, 5.74) is 6.09. The number of quaternary nitrogens is 1. The van der Waals surface area contributed by atoms with Gasteiger partial charge in [-0.2, -0.15) is 0 Å². The largest absolute Gasteiger partial charge is 0.463 e. The van der Waals surface area contributed by atoms with Crippen molar-refractivity contribution in [1.82, 2.24) is 4.98 Å². The van der Waals surface area contributed by atoms with Crippen LogP contribution in [-0.4, -0.2) is 17.0 Å². The molecule has 0 saturated heterocycles. The lowest BCUT2D eigenvalue weighted by molar-refractivity contribution is -0.406. The first-order valence-electron chi connectivity index (χ1n) is 10.4. The fourth-order valence-electron chi connectivity index (χ4n) is 3.89. The van der Waals surface area contributed by atoms with Gasteiger partial charge in [0.15, 0.2) is 6.04 Å². The standard InChI is InChI=1S/C26H19FN2O4/c27-21-7-3-1-6-18(21)20-14-32-24-12-16(9-10-19(24)25(20)30)33-26(31)22(28)11-15-13-29-23-8-4-2-5-17(15)23/h1-10,12-14,22,29H,11,28H2/p+1/t22-/m1/s1. The van der Waals surface area contributed by atoms with Crippen LogP contribution in [0.5, 0.6) is 5.75 Å². The Morgan fingerprint density at radius 1 is 1.03 bits per heavy atom. The van der Waals surface area contributed by atoms with Gasteiger partial charge in [-0.15, -0.1) is 0 Å². The summed E-state index contributed by atoms with van der Waals surface area (Å²) in [7, 11) is 0. The van der Waals surface area contributed by atoms with Gasteiger partial charge >= 0.3 is 5.97 Å². The zero-order chi connectivity index (χ0) is 22.9. The Morgan fingerprint density at radius 3 is 2.67 bits per heavy atom. The molecule has 3 aromatic carbocycles. The van der Waals surface area contributed by atoms with Gasteiger partial charge in [0.25, 0.3) is 0 Å². The van der Waals surface area contributed by atoms with Crippen LogP contribution in [0.25, 0.3) is 33.0 Å². The van der Waals surface area contributed by atoms with Gasteiger partial charge in [-0.25, -0.2) is 9.18 Å². The number of fused-ring (bicyclic) bond motifs is 2. The van der Waals surface area contributed by atoms with Crippen molar-refractivity contribution in [2.75, 3.05) is 0 Å². The lowest BCUT2D eigenvalue weighted by atomic mass is 10.0. The molecule has 0 amide bonds. The number of H-pyrrole nitrogens is 1. The molecule has 0 unspecified atom stereocenters.